The van der Waals surface area contributed by atoms with Crippen LogP contribution in [0.1, 0.15) is 44.6 Å². The van der Waals surface area contributed by atoms with Crippen LogP contribution < -0.4 is 5.32 Å². The Morgan fingerprint density at radius 2 is 1.80 bits per heavy atom. The molecular weight excluding hydrogens is 256 g/mol. The zero-order chi connectivity index (χ0) is 14.4. The molecule has 1 N–H and O–H groups in total. The molecule has 20 heavy (non-hydrogen) atoms. The summed E-state index contributed by atoms with van der Waals surface area (Å²) in [6, 6.07) is 4.35. The molecule has 0 bridgehead atoms. The fourth-order valence-electron chi connectivity index (χ4n) is 3.30. The highest BCUT2D eigenvalue weighted by Crippen LogP contribution is 2.31. The van der Waals surface area contributed by atoms with Crippen LogP contribution >= 0.6 is 0 Å². The van der Waals surface area contributed by atoms with Crippen molar-refractivity contribution in [3.05, 3.63) is 35.4 Å². The molecule has 2 unspecified atom stereocenters. The topological polar surface area (TPSA) is 12.0 Å². The largest absolute Gasteiger partial charge is 0.317 e. The minimum atomic E-state index is -0.751. The molecule has 2 atom stereocenters. The third-order valence-corrected chi connectivity index (χ3v) is 4.45. The van der Waals surface area contributed by atoms with Gasteiger partial charge in [-0.2, -0.15) is 0 Å². The van der Waals surface area contributed by atoms with Crippen LogP contribution in [0.15, 0.2) is 18.2 Å². The molecule has 0 amide bonds. The van der Waals surface area contributed by atoms with E-state index in [1.54, 1.807) is 6.07 Å². The van der Waals surface area contributed by atoms with E-state index in [4.69, 9.17) is 0 Å². The fraction of sp³-hybridized carbons (Fsp3) is 0.647. The Balaban J connectivity index is 2.03. The first-order valence-corrected chi connectivity index (χ1v) is 7.85. The second-order valence-corrected chi connectivity index (χ2v) is 5.92. The van der Waals surface area contributed by atoms with Crippen molar-refractivity contribution < 1.29 is 8.78 Å². The molecule has 0 aromatic heterocycles. The van der Waals surface area contributed by atoms with Gasteiger partial charge in [0.1, 0.15) is 0 Å². The van der Waals surface area contributed by atoms with Crippen molar-refractivity contribution >= 4 is 0 Å². The number of halogens is 2. The van der Waals surface area contributed by atoms with Crippen molar-refractivity contribution in [3.63, 3.8) is 0 Å². The van der Waals surface area contributed by atoms with Crippen LogP contribution in [0.5, 0.6) is 0 Å². The third kappa shape index (κ3) is 4.27. The Morgan fingerprint density at radius 1 is 1.05 bits per heavy atom. The van der Waals surface area contributed by atoms with Gasteiger partial charge in [0.15, 0.2) is 11.6 Å². The number of hydrogen-bond donors (Lipinski definition) is 1. The normalized spacial score (nSPS) is 23.6. The predicted octanol–water partition coefficient (Wildman–Crippen LogP) is 4.31. The smallest absolute Gasteiger partial charge is 0.159 e. The van der Waals surface area contributed by atoms with Gasteiger partial charge < -0.3 is 5.32 Å². The maximum atomic E-state index is 13.3. The summed E-state index contributed by atoms with van der Waals surface area (Å²) in [6.07, 6.45) is 7.18. The fourth-order valence-corrected chi connectivity index (χ4v) is 3.30. The first kappa shape index (κ1) is 15.4. The number of benzene rings is 1. The average Bonchev–Trinajstić information content (AvgIpc) is 2.66. The predicted molar refractivity (Wildman–Crippen MR) is 78.7 cm³/mol. The maximum Gasteiger partial charge on any atom is 0.159 e. The molecule has 1 fully saturated rings. The molecule has 1 saturated carbocycles. The van der Waals surface area contributed by atoms with E-state index in [0.717, 1.165) is 25.1 Å². The van der Waals surface area contributed by atoms with E-state index in [-0.39, 0.29) is 0 Å². The van der Waals surface area contributed by atoms with E-state index in [1.165, 1.54) is 44.2 Å². The molecule has 0 saturated heterocycles. The lowest BCUT2D eigenvalue weighted by Crippen LogP contribution is -2.28. The molecule has 0 aliphatic heterocycles. The molecule has 0 radical (unpaired) electrons. The molecule has 112 valence electrons. The second-order valence-electron chi connectivity index (χ2n) is 5.92. The van der Waals surface area contributed by atoms with Crippen LogP contribution in [-0.2, 0) is 6.42 Å². The summed E-state index contributed by atoms with van der Waals surface area (Å²) >= 11 is 0. The zero-order valence-electron chi connectivity index (χ0n) is 12.3. The first-order chi connectivity index (χ1) is 9.70. The molecule has 0 heterocycles. The van der Waals surface area contributed by atoms with Gasteiger partial charge in [0.05, 0.1) is 0 Å². The number of rotatable bonds is 5. The average molecular weight is 281 g/mol. The van der Waals surface area contributed by atoms with Gasteiger partial charge >= 0.3 is 0 Å². The molecule has 1 aromatic rings. The molecule has 1 nitrogen and oxygen atoms in total. The summed E-state index contributed by atoms with van der Waals surface area (Å²) in [5.74, 6) is -0.231. The molecule has 1 aliphatic rings. The van der Waals surface area contributed by atoms with Gasteiger partial charge in [0.2, 0.25) is 0 Å². The Hall–Kier alpha value is -0.960. The van der Waals surface area contributed by atoms with Gasteiger partial charge in [-0.15, -0.1) is 0 Å². The van der Waals surface area contributed by atoms with Crippen LogP contribution in [0.2, 0.25) is 0 Å². The summed E-state index contributed by atoms with van der Waals surface area (Å²) in [4.78, 5) is 0. The van der Waals surface area contributed by atoms with Crippen molar-refractivity contribution in [2.24, 2.45) is 11.8 Å². The summed E-state index contributed by atoms with van der Waals surface area (Å²) in [5, 5.41) is 3.45. The highest BCUT2D eigenvalue weighted by molar-refractivity contribution is 5.18. The van der Waals surface area contributed by atoms with Crippen LogP contribution in [-0.4, -0.2) is 13.1 Å². The van der Waals surface area contributed by atoms with E-state index >= 15 is 0 Å². The lowest BCUT2D eigenvalue weighted by atomic mass is 9.83. The zero-order valence-corrected chi connectivity index (χ0v) is 12.3. The minimum absolute atomic E-state index is 0.585. The lowest BCUT2D eigenvalue weighted by molar-refractivity contribution is 0.299. The Labute approximate surface area is 120 Å². The van der Waals surface area contributed by atoms with Gasteiger partial charge in [0.25, 0.3) is 0 Å². The summed E-state index contributed by atoms with van der Waals surface area (Å²) in [5.41, 5.74) is 0.928. The van der Waals surface area contributed by atoms with Gasteiger partial charge in [-0.3, -0.25) is 0 Å². The minimum Gasteiger partial charge on any atom is -0.317 e. The van der Waals surface area contributed by atoms with Crippen molar-refractivity contribution in [2.75, 3.05) is 13.1 Å². The lowest BCUT2D eigenvalue weighted by Gasteiger charge is -2.25. The van der Waals surface area contributed by atoms with E-state index in [1.807, 2.05) is 0 Å². The summed E-state index contributed by atoms with van der Waals surface area (Å²) in [6.45, 7) is 4.17. The van der Waals surface area contributed by atoms with E-state index in [0.29, 0.717) is 11.8 Å². The molecular formula is C17H25F2N. The van der Waals surface area contributed by atoms with Crippen molar-refractivity contribution in [3.8, 4) is 0 Å². The van der Waals surface area contributed by atoms with Crippen molar-refractivity contribution in [1.82, 2.24) is 5.32 Å². The van der Waals surface area contributed by atoms with E-state index in [9.17, 15) is 8.78 Å². The summed E-state index contributed by atoms with van der Waals surface area (Å²) < 4.78 is 26.3. The number of hydrogen-bond acceptors (Lipinski definition) is 1. The quantitative estimate of drug-likeness (QED) is 0.793. The first-order valence-electron chi connectivity index (χ1n) is 7.85. The highest BCUT2D eigenvalue weighted by Gasteiger charge is 2.23. The molecule has 3 heteroatoms. The SMILES string of the molecule is CCNCC1CCCCCC1Cc1ccc(F)c(F)c1. The molecule has 1 aromatic carbocycles. The van der Waals surface area contributed by atoms with Crippen LogP contribution in [0.3, 0.4) is 0 Å². The van der Waals surface area contributed by atoms with Gasteiger partial charge in [-0.1, -0.05) is 32.3 Å². The Kier molecular flexibility index (Phi) is 5.96. The standard InChI is InChI=1S/C17H25F2N/c1-2-20-12-15-7-5-3-4-6-14(15)10-13-8-9-16(18)17(19)11-13/h8-9,11,14-15,20H,2-7,10,12H2,1H3. The third-order valence-electron chi connectivity index (χ3n) is 4.45. The van der Waals surface area contributed by atoms with Gasteiger partial charge in [0, 0.05) is 0 Å². The Bertz CT molecular complexity index is 419. The molecule has 2 rings (SSSR count). The van der Waals surface area contributed by atoms with Crippen LogP contribution in [0.4, 0.5) is 8.78 Å². The van der Waals surface area contributed by atoms with E-state index < -0.39 is 11.6 Å². The van der Waals surface area contributed by atoms with Crippen LogP contribution in [0.25, 0.3) is 0 Å². The second kappa shape index (κ2) is 7.72. The maximum absolute atomic E-state index is 13.3. The summed E-state index contributed by atoms with van der Waals surface area (Å²) in [7, 11) is 0. The van der Waals surface area contributed by atoms with Crippen LogP contribution in [0, 0.1) is 23.5 Å². The van der Waals surface area contributed by atoms with Gasteiger partial charge in [-0.05, 0) is 61.9 Å². The molecule has 1 aliphatic carbocycles. The highest BCUT2D eigenvalue weighted by atomic mass is 19.2. The van der Waals surface area contributed by atoms with E-state index in [2.05, 4.69) is 12.2 Å². The van der Waals surface area contributed by atoms with Crippen molar-refractivity contribution in [1.29, 1.82) is 0 Å². The number of nitrogens with one attached hydrogen (secondary N) is 1. The monoisotopic (exact) mass is 281 g/mol. The van der Waals surface area contributed by atoms with Crippen molar-refractivity contribution in [2.45, 2.75) is 45.4 Å². The Morgan fingerprint density at radius 3 is 2.50 bits per heavy atom. The van der Waals surface area contributed by atoms with Gasteiger partial charge in [-0.25, -0.2) is 8.78 Å². The molecule has 0 spiro atoms.